The number of phenolic OH excluding ortho intramolecular Hbond substituents is 1. The van der Waals surface area contributed by atoms with Gasteiger partial charge in [0.25, 0.3) is 0 Å². The van der Waals surface area contributed by atoms with E-state index in [0.717, 1.165) is 6.07 Å². The number of nitrogens with one attached hydrogen (secondary N) is 1. The molecule has 7 heteroatoms. The molecule has 1 aromatic heterocycles. The van der Waals surface area contributed by atoms with E-state index in [9.17, 15) is 23.1 Å². The van der Waals surface area contributed by atoms with Gasteiger partial charge in [-0.2, -0.15) is 18.3 Å². The van der Waals surface area contributed by atoms with Crippen molar-refractivity contribution >= 4 is 16.7 Å². The summed E-state index contributed by atoms with van der Waals surface area (Å²) in [6.07, 6.45) is -4.55. The smallest absolute Gasteiger partial charge is 0.418 e. The highest BCUT2D eigenvalue weighted by Gasteiger charge is 2.34. The zero-order chi connectivity index (χ0) is 15.9. The van der Waals surface area contributed by atoms with E-state index in [2.05, 4.69) is 10.2 Å². The van der Waals surface area contributed by atoms with Gasteiger partial charge in [-0.25, -0.2) is 0 Å². The van der Waals surface area contributed by atoms with Gasteiger partial charge in [0.1, 0.15) is 17.0 Å². The lowest BCUT2D eigenvalue weighted by atomic mass is 10.0. The van der Waals surface area contributed by atoms with E-state index in [1.807, 2.05) is 0 Å². The van der Waals surface area contributed by atoms with Crippen LogP contribution < -0.4 is 0 Å². The number of benzene rings is 2. The number of phenols is 1. The summed E-state index contributed by atoms with van der Waals surface area (Å²) in [5, 5.41) is 15.3. The molecule has 3 aromatic rings. The number of carbonyl (C=O) groups is 1. The zero-order valence-corrected chi connectivity index (χ0v) is 11.0. The molecule has 2 N–H and O–H groups in total. The number of fused-ring (bicyclic) bond motifs is 1. The highest BCUT2D eigenvalue weighted by Crippen LogP contribution is 2.34. The minimum atomic E-state index is -4.55. The van der Waals surface area contributed by atoms with Gasteiger partial charge in [0.15, 0.2) is 0 Å². The van der Waals surface area contributed by atoms with Gasteiger partial charge in [0.2, 0.25) is 5.78 Å². The number of rotatable bonds is 2. The molecular weight excluding hydrogens is 297 g/mol. The Hall–Kier alpha value is -2.83. The molecule has 0 bridgehead atoms. The monoisotopic (exact) mass is 306 g/mol. The van der Waals surface area contributed by atoms with Crippen LogP contribution in [0.15, 0.2) is 42.5 Å². The van der Waals surface area contributed by atoms with E-state index in [1.54, 1.807) is 0 Å². The maximum absolute atomic E-state index is 12.9. The second kappa shape index (κ2) is 4.87. The van der Waals surface area contributed by atoms with Crippen LogP contribution in [-0.4, -0.2) is 21.1 Å². The Balaban J connectivity index is 2.13. The van der Waals surface area contributed by atoms with E-state index >= 15 is 0 Å². The number of H-pyrrole nitrogens is 1. The lowest BCUT2D eigenvalue weighted by molar-refractivity contribution is -0.136. The van der Waals surface area contributed by atoms with Gasteiger partial charge in [-0.3, -0.25) is 9.89 Å². The predicted molar refractivity (Wildman–Crippen MR) is 72.6 cm³/mol. The van der Waals surface area contributed by atoms with E-state index in [4.69, 9.17) is 0 Å². The van der Waals surface area contributed by atoms with Crippen LogP contribution >= 0.6 is 0 Å². The fourth-order valence-corrected chi connectivity index (χ4v) is 2.20. The molecule has 22 heavy (non-hydrogen) atoms. The molecule has 0 fully saturated rings. The van der Waals surface area contributed by atoms with Crippen LogP contribution in [0.5, 0.6) is 5.75 Å². The third-order valence-electron chi connectivity index (χ3n) is 3.25. The molecule has 0 atom stereocenters. The van der Waals surface area contributed by atoms with Gasteiger partial charge in [0, 0.05) is 10.9 Å². The summed E-state index contributed by atoms with van der Waals surface area (Å²) in [6.45, 7) is 0. The Labute approximate surface area is 122 Å². The van der Waals surface area contributed by atoms with Crippen LogP contribution in [0.25, 0.3) is 10.9 Å². The minimum Gasteiger partial charge on any atom is -0.508 e. The molecule has 2 aromatic carbocycles. The second-order valence-corrected chi connectivity index (χ2v) is 4.67. The molecule has 0 spiro atoms. The molecule has 0 aliphatic heterocycles. The predicted octanol–water partition coefficient (Wildman–Crippen LogP) is 3.52. The molecule has 4 nitrogen and oxygen atoms in total. The summed E-state index contributed by atoms with van der Waals surface area (Å²) >= 11 is 0. The molecule has 0 unspecified atom stereocenters. The Kier molecular flexibility index (Phi) is 3.13. The number of hydrogen-bond acceptors (Lipinski definition) is 3. The van der Waals surface area contributed by atoms with Crippen LogP contribution in [0.1, 0.15) is 21.6 Å². The van der Waals surface area contributed by atoms with Crippen LogP contribution in [0, 0.1) is 0 Å². The number of alkyl halides is 3. The van der Waals surface area contributed by atoms with Crippen molar-refractivity contribution in [2.24, 2.45) is 0 Å². The molecule has 0 saturated carbocycles. The third kappa shape index (κ3) is 2.30. The molecule has 112 valence electrons. The average Bonchev–Trinajstić information content (AvgIpc) is 2.90. The lowest BCUT2D eigenvalue weighted by Crippen LogP contribution is -2.05. The van der Waals surface area contributed by atoms with Gasteiger partial charge in [0.05, 0.1) is 5.56 Å². The number of nitrogens with zero attached hydrogens (tertiary/aromatic N) is 1. The third-order valence-corrected chi connectivity index (χ3v) is 3.25. The average molecular weight is 306 g/mol. The van der Waals surface area contributed by atoms with Crippen LogP contribution in [0.4, 0.5) is 13.2 Å². The summed E-state index contributed by atoms with van der Waals surface area (Å²) in [4.78, 5) is 12.4. The highest BCUT2D eigenvalue weighted by molar-refractivity contribution is 6.15. The summed E-state index contributed by atoms with van der Waals surface area (Å²) in [6, 6.07) is 8.98. The number of ketones is 1. The van der Waals surface area contributed by atoms with Gasteiger partial charge in [-0.15, -0.1) is 0 Å². The molecule has 0 radical (unpaired) electrons. The quantitative estimate of drug-likeness (QED) is 0.712. The van der Waals surface area contributed by atoms with Gasteiger partial charge in [-0.1, -0.05) is 12.1 Å². The first-order valence-corrected chi connectivity index (χ1v) is 6.26. The van der Waals surface area contributed by atoms with E-state index in [1.165, 1.54) is 36.4 Å². The van der Waals surface area contributed by atoms with Crippen molar-refractivity contribution < 1.29 is 23.1 Å². The van der Waals surface area contributed by atoms with E-state index < -0.39 is 17.5 Å². The number of aromatic nitrogens is 2. The van der Waals surface area contributed by atoms with Crippen molar-refractivity contribution in [2.75, 3.05) is 0 Å². The highest BCUT2D eigenvalue weighted by atomic mass is 19.4. The maximum Gasteiger partial charge on any atom is 0.418 e. The lowest BCUT2D eigenvalue weighted by Gasteiger charge is -2.06. The van der Waals surface area contributed by atoms with Gasteiger partial charge >= 0.3 is 6.18 Å². The topological polar surface area (TPSA) is 66.0 Å². The van der Waals surface area contributed by atoms with Crippen molar-refractivity contribution in [3.05, 3.63) is 59.3 Å². The molecule has 0 saturated heterocycles. The van der Waals surface area contributed by atoms with Crippen molar-refractivity contribution in [2.45, 2.75) is 6.18 Å². The van der Waals surface area contributed by atoms with E-state index in [0.29, 0.717) is 0 Å². The number of aromatic hydroxyl groups is 1. The maximum atomic E-state index is 12.9. The largest absolute Gasteiger partial charge is 0.508 e. The summed E-state index contributed by atoms with van der Waals surface area (Å²) in [7, 11) is 0. The molecule has 0 amide bonds. The Bertz CT molecular complexity index is 851. The van der Waals surface area contributed by atoms with Crippen LogP contribution in [0.3, 0.4) is 0 Å². The fraction of sp³-hybridized carbons (Fsp3) is 0.0667. The Morgan fingerprint density at radius 1 is 1.09 bits per heavy atom. The van der Waals surface area contributed by atoms with Gasteiger partial charge in [-0.05, 0) is 30.3 Å². The molecule has 3 rings (SSSR count). The SMILES string of the molecule is O=C(c1ccc(O)cc1)c1[nH]nc2c(C(F)(F)F)cccc12. The number of hydrogen-bond donors (Lipinski definition) is 2. The van der Waals surface area contributed by atoms with Crippen LogP contribution in [0.2, 0.25) is 0 Å². The zero-order valence-electron chi connectivity index (χ0n) is 11.0. The van der Waals surface area contributed by atoms with Crippen LogP contribution in [-0.2, 0) is 6.18 Å². The summed E-state index contributed by atoms with van der Waals surface area (Å²) in [5.74, 6) is -0.507. The first kappa shape index (κ1) is 14.1. The number of aromatic amines is 1. The van der Waals surface area contributed by atoms with Crippen molar-refractivity contribution in [1.82, 2.24) is 10.2 Å². The second-order valence-electron chi connectivity index (χ2n) is 4.67. The molecular formula is C15H9F3N2O2. The minimum absolute atomic E-state index is 0.00891. The van der Waals surface area contributed by atoms with Gasteiger partial charge < -0.3 is 5.11 Å². The van der Waals surface area contributed by atoms with Crippen molar-refractivity contribution in [3.63, 3.8) is 0 Å². The molecule has 0 aliphatic carbocycles. The Morgan fingerprint density at radius 3 is 2.41 bits per heavy atom. The van der Waals surface area contributed by atoms with Crippen molar-refractivity contribution in [1.29, 1.82) is 0 Å². The Morgan fingerprint density at radius 2 is 1.77 bits per heavy atom. The molecule has 1 heterocycles. The normalized spacial score (nSPS) is 11.8. The van der Waals surface area contributed by atoms with E-state index in [-0.39, 0.29) is 27.9 Å². The number of halogens is 3. The number of para-hydroxylation sites is 1. The first-order chi connectivity index (χ1) is 10.4. The summed E-state index contributed by atoms with van der Waals surface area (Å²) < 4.78 is 38.8. The standard InChI is InChI=1S/C15H9F3N2O2/c16-15(17,18)11-3-1-2-10-12(11)19-20-13(10)14(22)8-4-6-9(21)7-5-8/h1-7,21H,(H,19,20). The molecule has 0 aliphatic rings. The number of carbonyl (C=O) groups excluding carboxylic acids is 1. The fourth-order valence-electron chi connectivity index (χ4n) is 2.20. The summed E-state index contributed by atoms with van der Waals surface area (Å²) in [5.41, 5.74) is -0.976. The first-order valence-electron chi connectivity index (χ1n) is 6.26. The van der Waals surface area contributed by atoms with Crippen molar-refractivity contribution in [3.8, 4) is 5.75 Å².